The second-order valence-electron chi connectivity index (χ2n) is 5.42. The lowest BCUT2D eigenvalue weighted by Crippen LogP contribution is -2.57. The summed E-state index contributed by atoms with van der Waals surface area (Å²) in [6, 6.07) is -0.821. The number of aldehydes is 1. The number of aliphatic hydroxyl groups is 1. The van der Waals surface area contributed by atoms with Gasteiger partial charge in [0, 0.05) is 19.0 Å². The van der Waals surface area contributed by atoms with Crippen LogP contribution in [0.2, 0.25) is 0 Å². The van der Waals surface area contributed by atoms with Crippen molar-refractivity contribution in [2.45, 2.75) is 32.4 Å². The van der Waals surface area contributed by atoms with Gasteiger partial charge in [-0.05, 0) is 12.3 Å². The van der Waals surface area contributed by atoms with Gasteiger partial charge in [-0.3, -0.25) is 9.69 Å². The number of hydrogen-bond acceptors (Lipinski definition) is 5. The molecule has 19 heavy (non-hydrogen) atoms. The first-order valence-electron chi connectivity index (χ1n) is 6.71. The van der Waals surface area contributed by atoms with Gasteiger partial charge in [0.15, 0.2) is 0 Å². The standard InChI is InChI=1S/C13H24N2O4/c1-9(2)7-10(8-16)12(17)11(13(14)18)15-3-5-19-6-4-15/h8-12,17H,3-7H2,1-2H3,(H2,14,18)/t10-,11-,12?/m1/s1. The summed E-state index contributed by atoms with van der Waals surface area (Å²) >= 11 is 0. The predicted octanol–water partition coefficient (Wildman–Crippen LogP) is -0.605. The number of nitrogens with two attached hydrogens (primary N) is 1. The second-order valence-corrected chi connectivity index (χ2v) is 5.42. The van der Waals surface area contributed by atoms with E-state index in [2.05, 4.69) is 0 Å². The van der Waals surface area contributed by atoms with Gasteiger partial charge in [-0.15, -0.1) is 0 Å². The van der Waals surface area contributed by atoms with E-state index >= 15 is 0 Å². The summed E-state index contributed by atoms with van der Waals surface area (Å²) in [5.74, 6) is -0.895. The molecule has 1 rings (SSSR count). The number of carbonyl (C=O) groups is 2. The topological polar surface area (TPSA) is 92.9 Å². The molecule has 1 fully saturated rings. The highest BCUT2D eigenvalue weighted by molar-refractivity contribution is 5.81. The van der Waals surface area contributed by atoms with Gasteiger partial charge in [0.1, 0.15) is 12.3 Å². The molecule has 1 heterocycles. The molecule has 6 heteroatoms. The van der Waals surface area contributed by atoms with Crippen molar-refractivity contribution in [1.82, 2.24) is 4.90 Å². The van der Waals surface area contributed by atoms with Crippen molar-refractivity contribution in [2.75, 3.05) is 26.3 Å². The van der Waals surface area contributed by atoms with Crippen molar-refractivity contribution in [3.8, 4) is 0 Å². The van der Waals surface area contributed by atoms with Crippen LogP contribution < -0.4 is 5.73 Å². The first-order chi connectivity index (χ1) is 8.97. The number of morpholine rings is 1. The van der Waals surface area contributed by atoms with Crippen LogP contribution in [0.25, 0.3) is 0 Å². The fourth-order valence-electron chi connectivity index (χ4n) is 2.47. The van der Waals surface area contributed by atoms with E-state index in [4.69, 9.17) is 10.5 Å². The highest BCUT2D eigenvalue weighted by atomic mass is 16.5. The molecule has 0 aromatic carbocycles. The minimum absolute atomic E-state index is 0.267. The van der Waals surface area contributed by atoms with E-state index in [0.717, 1.165) is 6.29 Å². The summed E-state index contributed by atoms with van der Waals surface area (Å²) in [4.78, 5) is 24.5. The molecular formula is C13H24N2O4. The number of ether oxygens (including phenoxy) is 1. The van der Waals surface area contributed by atoms with Gasteiger partial charge in [-0.2, -0.15) is 0 Å². The molecule has 0 saturated carbocycles. The van der Waals surface area contributed by atoms with Gasteiger partial charge >= 0.3 is 0 Å². The van der Waals surface area contributed by atoms with Crippen LogP contribution in [0.4, 0.5) is 0 Å². The largest absolute Gasteiger partial charge is 0.390 e. The average molecular weight is 272 g/mol. The molecule has 0 aliphatic carbocycles. The van der Waals surface area contributed by atoms with E-state index < -0.39 is 24.0 Å². The van der Waals surface area contributed by atoms with Crippen LogP contribution in [0, 0.1) is 11.8 Å². The highest BCUT2D eigenvalue weighted by Crippen LogP contribution is 2.19. The Morgan fingerprint density at radius 2 is 2.00 bits per heavy atom. The average Bonchev–Trinajstić information content (AvgIpc) is 2.36. The number of rotatable bonds is 7. The molecule has 1 aliphatic heterocycles. The van der Waals surface area contributed by atoms with Crippen molar-refractivity contribution >= 4 is 12.2 Å². The van der Waals surface area contributed by atoms with Crippen LogP contribution in [-0.2, 0) is 14.3 Å². The number of hydrogen-bond donors (Lipinski definition) is 2. The van der Waals surface area contributed by atoms with Crippen molar-refractivity contribution in [3.63, 3.8) is 0 Å². The quantitative estimate of drug-likeness (QED) is 0.603. The van der Waals surface area contributed by atoms with Gasteiger partial charge in [-0.25, -0.2) is 0 Å². The summed E-state index contributed by atoms with van der Waals surface area (Å²) in [7, 11) is 0. The SMILES string of the molecule is CC(C)C[C@H](C=O)C(O)[C@H](C(N)=O)N1CCOCC1. The zero-order valence-corrected chi connectivity index (χ0v) is 11.6. The molecule has 3 N–H and O–H groups in total. The molecule has 0 aromatic rings. The Hall–Kier alpha value is -0.980. The Kier molecular flexibility index (Phi) is 6.41. The number of amides is 1. The maximum Gasteiger partial charge on any atom is 0.237 e. The van der Waals surface area contributed by atoms with Gasteiger partial charge in [-0.1, -0.05) is 13.8 Å². The lowest BCUT2D eigenvalue weighted by molar-refractivity contribution is -0.134. The van der Waals surface area contributed by atoms with E-state index in [0.29, 0.717) is 32.7 Å². The number of aliphatic hydroxyl groups excluding tert-OH is 1. The fraction of sp³-hybridized carbons (Fsp3) is 0.846. The van der Waals surface area contributed by atoms with Crippen LogP contribution in [-0.4, -0.2) is 60.6 Å². The maximum atomic E-state index is 11.6. The van der Waals surface area contributed by atoms with E-state index in [1.54, 1.807) is 4.90 Å². The molecule has 6 nitrogen and oxygen atoms in total. The van der Waals surface area contributed by atoms with Crippen molar-refractivity contribution < 1.29 is 19.4 Å². The third-order valence-electron chi connectivity index (χ3n) is 3.41. The zero-order chi connectivity index (χ0) is 14.4. The molecular weight excluding hydrogens is 248 g/mol. The zero-order valence-electron chi connectivity index (χ0n) is 11.6. The summed E-state index contributed by atoms with van der Waals surface area (Å²) in [5, 5.41) is 10.3. The lowest BCUT2D eigenvalue weighted by atomic mass is 9.88. The van der Waals surface area contributed by atoms with Crippen LogP contribution in [0.5, 0.6) is 0 Å². The molecule has 0 spiro atoms. The first-order valence-corrected chi connectivity index (χ1v) is 6.71. The van der Waals surface area contributed by atoms with Gasteiger partial charge in [0.2, 0.25) is 5.91 Å². The Morgan fingerprint density at radius 1 is 1.42 bits per heavy atom. The van der Waals surface area contributed by atoms with E-state index in [-0.39, 0.29) is 5.92 Å². The highest BCUT2D eigenvalue weighted by Gasteiger charge is 2.36. The summed E-state index contributed by atoms with van der Waals surface area (Å²) in [5.41, 5.74) is 5.39. The molecule has 0 bridgehead atoms. The van der Waals surface area contributed by atoms with Crippen molar-refractivity contribution in [3.05, 3.63) is 0 Å². The van der Waals surface area contributed by atoms with E-state index in [9.17, 15) is 14.7 Å². The Balaban J connectivity index is 2.78. The number of carbonyl (C=O) groups excluding carboxylic acids is 2. The van der Waals surface area contributed by atoms with Gasteiger partial charge in [0.25, 0.3) is 0 Å². The summed E-state index contributed by atoms with van der Waals surface area (Å²) in [6.07, 6.45) is 0.204. The Bertz CT molecular complexity index is 303. The number of primary amides is 1. The van der Waals surface area contributed by atoms with Crippen LogP contribution >= 0.6 is 0 Å². The second kappa shape index (κ2) is 7.57. The van der Waals surface area contributed by atoms with Crippen LogP contribution in [0.3, 0.4) is 0 Å². The van der Waals surface area contributed by atoms with Crippen molar-refractivity contribution in [1.29, 1.82) is 0 Å². The van der Waals surface area contributed by atoms with Gasteiger partial charge in [0.05, 0.1) is 19.3 Å². The summed E-state index contributed by atoms with van der Waals surface area (Å²) < 4.78 is 5.22. The molecule has 1 amide bonds. The molecule has 3 atom stereocenters. The van der Waals surface area contributed by atoms with Crippen LogP contribution in [0.1, 0.15) is 20.3 Å². The minimum Gasteiger partial charge on any atom is -0.390 e. The molecule has 1 aliphatic rings. The van der Waals surface area contributed by atoms with Gasteiger partial charge < -0.3 is 20.4 Å². The lowest BCUT2D eigenvalue weighted by Gasteiger charge is -2.36. The molecule has 110 valence electrons. The first kappa shape index (κ1) is 16.1. The minimum atomic E-state index is -1.06. The predicted molar refractivity (Wildman–Crippen MR) is 70.4 cm³/mol. The molecule has 0 aromatic heterocycles. The third-order valence-corrected chi connectivity index (χ3v) is 3.41. The Labute approximate surface area is 113 Å². The smallest absolute Gasteiger partial charge is 0.237 e. The van der Waals surface area contributed by atoms with E-state index in [1.807, 2.05) is 13.8 Å². The molecule has 1 saturated heterocycles. The summed E-state index contributed by atoms with van der Waals surface area (Å²) in [6.45, 7) is 6.03. The fourth-order valence-corrected chi connectivity index (χ4v) is 2.47. The number of nitrogens with zero attached hydrogens (tertiary/aromatic N) is 1. The Morgan fingerprint density at radius 3 is 2.42 bits per heavy atom. The molecule has 1 unspecified atom stereocenters. The van der Waals surface area contributed by atoms with E-state index in [1.165, 1.54) is 0 Å². The maximum absolute atomic E-state index is 11.6. The molecule has 0 radical (unpaired) electrons. The van der Waals surface area contributed by atoms with Crippen LogP contribution in [0.15, 0.2) is 0 Å². The van der Waals surface area contributed by atoms with Crippen molar-refractivity contribution in [2.24, 2.45) is 17.6 Å². The normalized spacial score (nSPS) is 21.9. The third kappa shape index (κ3) is 4.56. The monoisotopic (exact) mass is 272 g/mol.